The highest BCUT2D eigenvalue weighted by molar-refractivity contribution is 5.88. The Morgan fingerprint density at radius 3 is 2.75 bits per heavy atom. The molecule has 0 aliphatic carbocycles. The topological polar surface area (TPSA) is 44.1 Å². The second kappa shape index (κ2) is 5.81. The van der Waals surface area contributed by atoms with Crippen LogP contribution >= 0.6 is 0 Å². The number of aromatic nitrogens is 2. The van der Waals surface area contributed by atoms with Crippen molar-refractivity contribution in [1.82, 2.24) is 9.55 Å². The van der Waals surface area contributed by atoms with Crippen LogP contribution in [0, 0.1) is 11.6 Å². The van der Waals surface area contributed by atoms with Crippen molar-refractivity contribution < 1.29 is 18.3 Å². The summed E-state index contributed by atoms with van der Waals surface area (Å²) in [5, 5.41) is 0. The van der Waals surface area contributed by atoms with Crippen LogP contribution in [0.15, 0.2) is 30.1 Å². The Morgan fingerprint density at radius 1 is 1.40 bits per heavy atom. The number of nitrogens with zero attached hydrogens (tertiary/aromatic N) is 2. The summed E-state index contributed by atoms with van der Waals surface area (Å²) in [6, 6.07) is 2.14. The number of carbonyl (C=O) groups is 1. The SMILES string of the molecule is CCC(=CCn1cnc2cc(F)c(F)cc21)C(=O)OC. The van der Waals surface area contributed by atoms with Gasteiger partial charge in [-0.1, -0.05) is 13.0 Å². The molecule has 6 heteroatoms. The maximum atomic E-state index is 13.2. The van der Waals surface area contributed by atoms with Crippen molar-refractivity contribution >= 4 is 17.0 Å². The Bertz CT molecular complexity index is 677. The lowest BCUT2D eigenvalue weighted by Crippen LogP contribution is -2.05. The molecule has 0 saturated carbocycles. The minimum atomic E-state index is -0.929. The van der Waals surface area contributed by atoms with Crippen molar-refractivity contribution in [1.29, 1.82) is 0 Å². The molecular formula is C14H14F2N2O2. The second-order valence-corrected chi connectivity index (χ2v) is 4.23. The molecular weight excluding hydrogens is 266 g/mol. The Morgan fingerprint density at radius 2 is 2.10 bits per heavy atom. The van der Waals surface area contributed by atoms with E-state index in [-0.39, 0.29) is 0 Å². The van der Waals surface area contributed by atoms with E-state index in [1.165, 1.54) is 13.4 Å². The summed E-state index contributed by atoms with van der Waals surface area (Å²) in [6.45, 7) is 2.17. The van der Waals surface area contributed by atoms with Gasteiger partial charge in [0.15, 0.2) is 11.6 Å². The zero-order valence-electron chi connectivity index (χ0n) is 11.2. The molecule has 0 atom stereocenters. The molecule has 1 heterocycles. The molecule has 0 aliphatic rings. The fraction of sp³-hybridized carbons (Fsp3) is 0.286. The second-order valence-electron chi connectivity index (χ2n) is 4.23. The maximum absolute atomic E-state index is 13.2. The Balaban J connectivity index is 2.32. The van der Waals surface area contributed by atoms with Gasteiger partial charge in [0.1, 0.15) is 0 Å². The van der Waals surface area contributed by atoms with Crippen LogP contribution in [0.5, 0.6) is 0 Å². The Kier molecular flexibility index (Phi) is 4.12. The van der Waals surface area contributed by atoms with Crippen LogP contribution in [0.3, 0.4) is 0 Å². The number of allylic oxidation sites excluding steroid dienone is 1. The molecule has 0 N–H and O–H groups in total. The summed E-state index contributed by atoms with van der Waals surface area (Å²) in [6.07, 6.45) is 3.70. The van der Waals surface area contributed by atoms with Crippen molar-refractivity contribution in [3.05, 3.63) is 41.7 Å². The molecule has 2 aromatic rings. The third kappa shape index (κ3) is 2.68. The zero-order valence-corrected chi connectivity index (χ0v) is 11.2. The van der Waals surface area contributed by atoms with E-state index >= 15 is 0 Å². The number of halogens is 2. The Hall–Kier alpha value is -2.24. The van der Waals surface area contributed by atoms with Crippen molar-refractivity contribution in [2.45, 2.75) is 19.9 Å². The first-order valence-electron chi connectivity index (χ1n) is 6.14. The zero-order chi connectivity index (χ0) is 14.7. The highest BCUT2D eigenvalue weighted by atomic mass is 19.2. The van der Waals surface area contributed by atoms with Gasteiger partial charge in [-0.15, -0.1) is 0 Å². The molecule has 106 valence electrons. The molecule has 1 aromatic heterocycles. The summed E-state index contributed by atoms with van der Waals surface area (Å²) in [4.78, 5) is 15.4. The monoisotopic (exact) mass is 280 g/mol. The lowest BCUT2D eigenvalue weighted by Gasteiger charge is -2.04. The molecule has 0 fully saturated rings. The first-order chi connectivity index (χ1) is 9.56. The van der Waals surface area contributed by atoms with E-state index in [4.69, 9.17) is 0 Å². The van der Waals surface area contributed by atoms with Gasteiger partial charge in [0.2, 0.25) is 0 Å². The lowest BCUT2D eigenvalue weighted by molar-refractivity contribution is -0.136. The smallest absolute Gasteiger partial charge is 0.333 e. The maximum Gasteiger partial charge on any atom is 0.333 e. The first kappa shape index (κ1) is 14.2. The number of rotatable bonds is 4. The van der Waals surface area contributed by atoms with E-state index in [1.54, 1.807) is 10.6 Å². The van der Waals surface area contributed by atoms with E-state index in [9.17, 15) is 13.6 Å². The minimum Gasteiger partial charge on any atom is -0.466 e. The fourth-order valence-corrected chi connectivity index (χ4v) is 1.91. The number of carbonyl (C=O) groups excluding carboxylic acids is 1. The number of esters is 1. The number of hydrogen-bond donors (Lipinski definition) is 0. The third-order valence-corrected chi connectivity index (χ3v) is 3.03. The lowest BCUT2D eigenvalue weighted by atomic mass is 10.2. The van der Waals surface area contributed by atoms with Crippen molar-refractivity contribution in [3.63, 3.8) is 0 Å². The highest BCUT2D eigenvalue weighted by Crippen LogP contribution is 2.17. The van der Waals surface area contributed by atoms with Gasteiger partial charge in [0.05, 0.1) is 24.5 Å². The van der Waals surface area contributed by atoms with E-state index in [0.29, 0.717) is 29.6 Å². The van der Waals surface area contributed by atoms with Crippen LogP contribution in [0.25, 0.3) is 11.0 Å². The van der Waals surface area contributed by atoms with Crippen LogP contribution in [0.2, 0.25) is 0 Å². The fourth-order valence-electron chi connectivity index (χ4n) is 1.91. The number of ether oxygens (including phenoxy) is 1. The van der Waals surface area contributed by atoms with Gasteiger partial charge < -0.3 is 9.30 Å². The van der Waals surface area contributed by atoms with Crippen LogP contribution in [-0.2, 0) is 16.1 Å². The number of methoxy groups -OCH3 is 1. The van der Waals surface area contributed by atoms with Crippen molar-refractivity contribution in [3.8, 4) is 0 Å². The average molecular weight is 280 g/mol. The number of hydrogen-bond acceptors (Lipinski definition) is 3. The van der Waals surface area contributed by atoms with E-state index in [0.717, 1.165) is 12.1 Å². The largest absolute Gasteiger partial charge is 0.466 e. The normalized spacial score (nSPS) is 11.9. The molecule has 0 unspecified atom stereocenters. The van der Waals surface area contributed by atoms with E-state index in [1.807, 2.05) is 6.92 Å². The summed E-state index contributed by atoms with van der Waals surface area (Å²) in [5.74, 6) is -2.25. The number of benzene rings is 1. The van der Waals surface area contributed by atoms with Gasteiger partial charge in [-0.2, -0.15) is 0 Å². The highest BCUT2D eigenvalue weighted by Gasteiger charge is 2.10. The quantitative estimate of drug-likeness (QED) is 0.639. The summed E-state index contributed by atoms with van der Waals surface area (Å²) in [7, 11) is 1.32. The van der Waals surface area contributed by atoms with Gasteiger partial charge in [-0.3, -0.25) is 0 Å². The van der Waals surface area contributed by atoms with Gasteiger partial charge in [-0.05, 0) is 6.42 Å². The molecule has 0 bridgehead atoms. The molecule has 0 saturated heterocycles. The standard InChI is InChI=1S/C14H14F2N2O2/c1-3-9(14(19)20-2)4-5-18-8-17-12-6-10(15)11(16)7-13(12)18/h4,6-8H,3,5H2,1-2H3. The number of imidazole rings is 1. The molecule has 4 nitrogen and oxygen atoms in total. The molecule has 0 radical (unpaired) electrons. The van der Waals surface area contributed by atoms with Crippen LogP contribution in [-0.4, -0.2) is 22.6 Å². The Labute approximate surface area is 114 Å². The molecule has 0 aliphatic heterocycles. The summed E-state index contributed by atoms with van der Waals surface area (Å²) >= 11 is 0. The van der Waals surface area contributed by atoms with Gasteiger partial charge in [0.25, 0.3) is 0 Å². The average Bonchev–Trinajstić information content (AvgIpc) is 2.82. The summed E-state index contributed by atoms with van der Waals surface area (Å²) in [5.41, 5.74) is 1.37. The predicted octanol–water partition coefficient (Wildman–Crippen LogP) is 2.82. The van der Waals surface area contributed by atoms with Gasteiger partial charge >= 0.3 is 5.97 Å². The number of fused-ring (bicyclic) bond motifs is 1. The molecule has 20 heavy (non-hydrogen) atoms. The third-order valence-electron chi connectivity index (χ3n) is 3.03. The molecule has 1 aromatic carbocycles. The van der Waals surface area contributed by atoms with Gasteiger partial charge in [-0.25, -0.2) is 18.6 Å². The van der Waals surface area contributed by atoms with E-state index < -0.39 is 17.6 Å². The van der Waals surface area contributed by atoms with Crippen LogP contribution in [0.1, 0.15) is 13.3 Å². The molecule has 0 amide bonds. The molecule has 0 spiro atoms. The molecule has 2 rings (SSSR count). The minimum absolute atomic E-state index is 0.333. The summed E-state index contributed by atoms with van der Waals surface area (Å²) < 4.78 is 32.6. The van der Waals surface area contributed by atoms with Crippen molar-refractivity contribution in [2.75, 3.05) is 7.11 Å². The first-order valence-corrected chi connectivity index (χ1v) is 6.14. The van der Waals surface area contributed by atoms with Crippen molar-refractivity contribution in [2.24, 2.45) is 0 Å². The van der Waals surface area contributed by atoms with Crippen LogP contribution in [0.4, 0.5) is 8.78 Å². The van der Waals surface area contributed by atoms with Crippen LogP contribution < -0.4 is 0 Å². The van der Waals surface area contributed by atoms with E-state index in [2.05, 4.69) is 9.72 Å². The van der Waals surface area contributed by atoms with Gasteiger partial charge in [0, 0.05) is 24.3 Å². The predicted molar refractivity (Wildman–Crippen MR) is 70.0 cm³/mol.